The second-order valence-corrected chi connectivity index (χ2v) is 5.17. The summed E-state index contributed by atoms with van der Waals surface area (Å²) < 4.78 is 5.97. The fourth-order valence-corrected chi connectivity index (χ4v) is 1.54. The largest absolute Gasteiger partial charge is 0.488 e. The molecule has 0 spiro atoms. The third kappa shape index (κ3) is 3.41. The van der Waals surface area contributed by atoms with Gasteiger partial charge in [-0.1, -0.05) is 31.2 Å². The molecule has 0 amide bonds. The van der Waals surface area contributed by atoms with Gasteiger partial charge < -0.3 is 4.74 Å². The average molecular weight is 218 g/mol. The van der Waals surface area contributed by atoms with Crippen molar-refractivity contribution >= 4 is 5.57 Å². The molecule has 1 nitrogen and oxygen atoms in total. The second-order valence-electron chi connectivity index (χ2n) is 5.17. The minimum absolute atomic E-state index is 0.155. The minimum atomic E-state index is -0.155. The Labute approximate surface area is 99.1 Å². The van der Waals surface area contributed by atoms with E-state index in [0.717, 1.165) is 23.3 Å². The van der Waals surface area contributed by atoms with Crippen LogP contribution in [0.3, 0.4) is 0 Å². The lowest BCUT2D eigenvalue weighted by Crippen LogP contribution is -2.23. The van der Waals surface area contributed by atoms with Gasteiger partial charge in [0.1, 0.15) is 11.4 Å². The van der Waals surface area contributed by atoms with Gasteiger partial charge in [-0.15, -0.1) is 0 Å². The first-order chi connectivity index (χ1) is 7.33. The van der Waals surface area contributed by atoms with Gasteiger partial charge in [0.15, 0.2) is 0 Å². The van der Waals surface area contributed by atoms with Gasteiger partial charge in [-0.05, 0) is 51.3 Å². The summed E-state index contributed by atoms with van der Waals surface area (Å²) in [4.78, 5) is 0. The zero-order valence-electron chi connectivity index (χ0n) is 11.1. The predicted molar refractivity (Wildman–Crippen MR) is 70.9 cm³/mol. The standard InChI is InChI=1S/C15H22O/c1-7-12-8-9-13(11(2)3)10-14(12)16-15(4,5)6/h8-10H,2,7H2,1,3-6H3. The first kappa shape index (κ1) is 12.8. The fraction of sp³-hybridized carbons (Fsp3) is 0.467. The van der Waals surface area contributed by atoms with Crippen molar-refractivity contribution in [2.75, 3.05) is 0 Å². The van der Waals surface area contributed by atoms with E-state index < -0.39 is 0 Å². The molecule has 0 aliphatic carbocycles. The van der Waals surface area contributed by atoms with Crippen LogP contribution in [0.4, 0.5) is 0 Å². The molecule has 0 aromatic heterocycles. The SMILES string of the molecule is C=C(C)c1ccc(CC)c(OC(C)(C)C)c1. The lowest BCUT2D eigenvalue weighted by atomic mass is 10.0. The molecule has 0 radical (unpaired) electrons. The van der Waals surface area contributed by atoms with Gasteiger partial charge in [0.25, 0.3) is 0 Å². The van der Waals surface area contributed by atoms with E-state index in [1.54, 1.807) is 0 Å². The number of hydrogen-bond acceptors (Lipinski definition) is 1. The lowest BCUT2D eigenvalue weighted by Gasteiger charge is -2.23. The van der Waals surface area contributed by atoms with Crippen LogP contribution < -0.4 is 4.74 Å². The van der Waals surface area contributed by atoms with Gasteiger partial charge in [-0.3, -0.25) is 0 Å². The molecule has 1 aromatic carbocycles. The Morgan fingerprint density at radius 1 is 1.31 bits per heavy atom. The molecular formula is C15H22O. The van der Waals surface area contributed by atoms with Gasteiger partial charge in [-0.25, -0.2) is 0 Å². The van der Waals surface area contributed by atoms with E-state index in [2.05, 4.69) is 52.5 Å². The number of benzene rings is 1. The molecule has 0 N–H and O–H groups in total. The summed E-state index contributed by atoms with van der Waals surface area (Å²) in [6.45, 7) is 14.3. The number of hydrogen-bond donors (Lipinski definition) is 0. The van der Waals surface area contributed by atoms with Crippen LogP contribution in [0.25, 0.3) is 5.57 Å². The van der Waals surface area contributed by atoms with Crippen LogP contribution in [0.2, 0.25) is 0 Å². The van der Waals surface area contributed by atoms with E-state index >= 15 is 0 Å². The zero-order valence-corrected chi connectivity index (χ0v) is 11.1. The van der Waals surface area contributed by atoms with Crippen LogP contribution >= 0.6 is 0 Å². The highest BCUT2D eigenvalue weighted by atomic mass is 16.5. The lowest BCUT2D eigenvalue weighted by molar-refractivity contribution is 0.129. The van der Waals surface area contributed by atoms with Crippen molar-refractivity contribution in [3.63, 3.8) is 0 Å². The van der Waals surface area contributed by atoms with Gasteiger partial charge in [0.2, 0.25) is 0 Å². The summed E-state index contributed by atoms with van der Waals surface area (Å²) in [5, 5.41) is 0. The van der Waals surface area contributed by atoms with Crippen LogP contribution in [0.1, 0.15) is 45.7 Å². The highest BCUT2D eigenvalue weighted by Gasteiger charge is 2.14. The van der Waals surface area contributed by atoms with Crippen LogP contribution in [-0.2, 0) is 6.42 Å². The van der Waals surface area contributed by atoms with Crippen LogP contribution in [-0.4, -0.2) is 5.60 Å². The van der Waals surface area contributed by atoms with Gasteiger partial charge in [0.05, 0.1) is 0 Å². The van der Waals surface area contributed by atoms with Crippen LogP contribution in [0.15, 0.2) is 24.8 Å². The first-order valence-electron chi connectivity index (χ1n) is 5.81. The van der Waals surface area contributed by atoms with Crippen molar-refractivity contribution in [1.82, 2.24) is 0 Å². The molecule has 88 valence electrons. The predicted octanol–water partition coefficient (Wildman–Crippen LogP) is 4.46. The van der Waals surface area contributed by atoms with Crippen molar-refractivity contribution in [3.8, 4) is 5.75 Å². The summed E-state index contributed by atoms with van der Waals surface area (Å²) in [5.74, 6) is 0.982. The Morgan fingerprint density at radius 3 is 2.38 bits per heavy atom. The molecule has 1 rings (SSSR count). The summed E-state index contributed by atoms with van der Waals surface area (Å²) >= 11 is 0. The van der Waals surface area contributed by atoms with E-state index in [0.29, 0.717) is 0 Å². The van der Waals surface area contributed by atoms with Gasteiger partial charge >= 0.3 is 0 Å². The van der Waals surface area contributed by atoms with Crippen molar-refractivity contribution in [2.24, 2.45) is 0 Å². The molecule has 0 aliphatic rings. The maximum Gasteiger partial charge on any atom is 0.123 e. The van der Waals surface area contributed by atoms with E-state index in [9.17, 15) is 0 Å². The Morgan fingerprint density at radius 2 is 1.94 bits per heavy atom. The Kier molecular flexibility index (Phi) is 3.79. The van der Waals surface area contributed by atoms with E-state index in [1.807, 2.05) is 6.92 Å². The smallest absolute Gasteiger partial charge is 0.123 e. The molecule has 1 heteroatoms. The number of rotatable bonds is 3. The molecule has 16 heavy (non-hydrogen) atoms. The molecule has 1 aromatic rings. The van der Waals surface area contributed by atoms with Gasteiger partial charge in [-0.2, -0.15) is 0 Å². The van der Waals surface area contributed by atoms with E-state index in [4.69, 9.17) is 4.74 Å². The third-order valence-corrected chi connectivity index (χ3v) is 2.36. The first-order valence-corrected chi connectivity index (χ1v) is 5.81. The summed E-state index contributed by atoms with van der Waals surface area (Å²) in [6.07, 6.45) is 0.988. The number of aryl methyl sites for hydroxylation is 1. The highest BCUT2D eigenvalue weighted by molar-refractivity contribution is 5.63. The number of ether oxygens (including phenoxy) is 1. The van der Waals surface area contributed by atoms with E-state index in [1.165, 1.54) is 5.56 Å². The molecular weight excluding hydrogens is 196 g/mol. The average Bonchev–Trinajstić information content (AvgIpc) is 2.15. The fourth-order valence-electron chi connectivity index (χ4n) is 1.54. The maximum absolute atomic E-state index is 5.97. The molecule has 0 heterocycles. The molecule has 0 saturated carbocycles. The van der Waals surface area contributed by atoms with Gasteiger partial charge in [0, 0.05) is 0 Å². The monoisotopic (exact) mass is 218 g/mol. The van der Waals surface area contributed by atoms with Crippen molar-refractivity contribution in [3.05, 3.63) is 35.9 Å². The van der Waals surface area contributed by atoms with Crippen LogP contribution in [0.5, 0.6) is 5.75 Å². The Hall–Kier alpha value is -1.24. The molecule has 0 atom stereocenters. The van der Waals surface area contributed by atoms with Crippen LogP contribution in [0, 0.1) is 0 Å². The highest BCUT2D eigenvalue weighted by Crippen LogP contribution is 2.27. The Balaban J connectivity index is 3.12. The summed E-state index contributed by atoms with van der Waals surface area (Å²) in [7, 11) is 0. The topological polar surface area (TPSA) is 9.23 Å². The molecule has 0 saturated heterocycles. The quantitative estimate of drug-likeness (QED) is 0.728. The molecule has 0 aliphatic heterocycles. The molecule has 0 bridgehead atoms. The summed E-state index contributed by atoms with van der Waals surface area (Å²) in [5.41, 5.74) is 3.32. The Bertz CT molecular complexity index is 383. The summed E-state index contributed by atoms with van der Waals surface area (Å²) in [6, 6.07) is 6.33. The van der Waals surface area contributed by atoms with Crippen molar-refractivity contribution < 1.29 is 4.74 Å². The molecule has 0 fully saturated rings. The normalized spacial score (nSPS) is 11.3. The second kappa shape index (κ2) is 4.73. The third-order valence-electron chi connectivity index (χ3n) is 2.36. The van der Waals surface area contributed by atoms with Crippen molar-refractivity contribution in [2.45, 2.75) is 46.6 Å². The zero-order chi connectivity index (χ0) is 12.3. The molecule has 0 unspecified atom stereocenters. The van der Waals surface area contributed by atoms with Crippen molar-refractivity contribution in [1.29, 1.82) is 0 Å². The maximum atomic E-state index is 5.97. The minimum Gasteiger partial charge on any atom is -0.488 e. The van der Waals surface area contributed by atoms with E-state index in [-0.39, 0.29) is 5.60 Å². The number of allylic oxidation sites excluding steroid dienone is 1.